The minimum atomic E-state index is 0.447. The van der Waals surface area contributed by atoms with E-state index in [-0.39, 0.29) is 0 Å². The predicted molar refractivity (Wildman–Crippen MR) is 78.9 cm³/mol. The van der Waals surface area contributed by atoms with E-state index < -0.39 is 0 Å². The molecule has 4 nitrogen and oxygen atoms in total. The molecule has 0 bridgehead atoms. The lowest BCUT2D eigenvalue weighted by molar-refractivity contribution is 0.363. The van der Waals surface area contributed by atoms with Gasteiger partial charge in [0.2, 0.25) is 0 Å². The van der Waals surface area contributed by atoms with Gasteiger partial charge >= 0.3 is 0 Å². The maximum atomic E-state index is 6.15. The summed E-state index contributed by atoms with van der Waals surface area (Å²) in [6.07, 6.45) is 1.69. The molecule has 1 aromatic heterocycles. The van der Waals surface area contributed by atoms with E-state index >= 15 is 0 Å². The topological polar surface area (TPSA) is 47.3 Å². The Morgan fingerprint density at radius 1 is 1.40 bits per heavy atom. The number of rotatable bonds is 7. The van der Waals surface area contributed by atoms with Gasteiger partial charge in [0, 0.05) is 12.6 Å². The maximum absolute atomic E-state index is 6.15. The molecule has 0 spiro atoms. The lowest BCUT2D eigenvalue weighted by Crippen LogP contribution is -2.12. The highest BCUT2D eigenvalue weighted by Gasteiger charge is 2.04. The molecular weight excluding hydrogens is 276 g/mol. The third kappa shape index (κ3) is 4.11. The first-order valence-electron chi connectivity index (χ1n) is 6.34. The first-order valence-corrected chi connectivity index (χ1v) is 6.72. The third-order valence-corrected chi connectivity index (χ3v) is 2.95. The number of aryl methyl sites for hydroxylation is 1. The normalized spacial score (nSPS) is 10.5. The molecule has 20 heavy (non-hydrogen) atoms. The fourth-order valence-electron chi connectivity index (χ4n) is 1.75. The summed E-state index contributed by atoms with van der Waals surface area (Å²) in [7, 11) is 0. The first-order chi connectivity index (χ1) is 9.69. The molecule has 2 aromatic rings. The predicted octanol–water partition coefficient (Wildman–Crippen LogP) is 3.49. The highest BCUT2D eigenvalue weighted by Crippen LogP contribution is 2.25. The molecular formula is C15H17ClN2O2. The number of halogens is 1. The third-order valence-electron chi connectivity index (χ3n) is 2.66. The van der Waals surface area contributed by atoms with Crippen molar-refractivity contribution in [3.8, 4) is 5.75 Å². The average molecular weight is 293 g/mol. The van der Waals surface area contributed by atoms with Gasteiger partial charge in [-0.1, -0.05) is 35.5 Å². The minimum absolute atomic E-state index is 0.447. The number of aromatic nitrogens is 1. The van der Waals surface area contributed by atoms with Crippen LogP contribution in [0.3, 0.4) is 0 Å². The molecule has 106 valence electrons. The van der Waals surface area contributed by atoms with E-state index in [2.05, 4.69) is 17.1 Å². The Kier molecular flexibility index (Phi) is 5.21. The van der Waals surface area contributed by atoms with Gasteiger partial charge in [-0.05, 0) is 24.6 Å². The molecule has 1 N–H and O–H groups in total. The Morgan fingerprint density at radius 2 is 2.25 bits per heavy atom. The van der Waals surface area contributed by atoms with E-state index in [1.807, 2.05) is 31.2 Å². The second-order valence-corrected chi connectivity index (χ2v) is 4.81. The van der Waals surface area contributed by atoms with Gasteiger partial charge in [0.05, 0.1) is 17.3 Å². The highest BCUT2D eigenvalue weighted by molar-refractivity contribution is 6.32. The van der Waals surface area contributed by atoms with Crippen LogP contribution in [0.5, 0.6) is 5.75 Å². The summed E-state index contributed by atoms with van der Waals surface area (Å²) < 4.78 is 10.5. The van der Waals surface area contributed by atoms with Crippen molar-refractivity contribution >= 4 is 11.6 Å². The maximum Gasteiger partial charge on any atom is 0.150 e. The molecule has 0 aliphatic rings. The molecule has 0 aliphatic heterocycles. The van der Waals surface area contributed by atoms with Crippen LogP contribution in [0.4, 0.5) is 0 Å². The van der Waals surface area contributed by atoms with E-state index in [9.17, 15) is 0 Å². The molecule has 0 saturated carbocycles. The quantitative estimate of drug-likeness (QED) is 0.794. The van der Waals surface area contributed by atoms with E-state index in [1.54, 1.807) is 6.08 Å². The lowest BCUT2D eigenvalue weighted by atomic mass is 10.2. The highest BCUT2D eigenvalue weighted by atomic mass is 35.5. The van der Waals surface area contributed by atoms with Crippen LogP contribution in [0.1, 0.15) is 17.0 Å². The number of benzene rings is 1. The Bertz CT molecular complexity index is 581. The smallest absolute Gasteiger partial charge is 0.150 e. The van der Waals surface area contributed by atoms with E-state index in [1.165, 1.54) is 0 Å². The van der Waals surface area contributed by atoms with Crippen LogP contribution in [0, 0.1) is 6.92 Å². The zero-order chi connectivity index (χ0) is 14.4. The SMILES string of the molecule is C=CCOc1ccc(CNCc2cc(C)no2)cc1Cl. The van der Waals surface area contributed by atoms with Gasteiger partial charge in [0.1, 0.15) is 12.4 Å². The number of nitrogens with one attached hydrogen (secondary N) is 1. The Morgan fingerprint density at radius 3 is 2.90 bits per heavy atom. The summed E-state index contributed by atoms with van der Waals surface area (Å²) in [5.41, 5.74) is 1.96. The Balaban J connectivity index is 1.86. The molecule has 2 rings (SSSR count). The number of ether oxygens (including phenoxy) is 1. The lowest BCUT2D eigenvalue weighted by Gasteiger charge is -2.08. The van der Waals surface area contributed by atoms with Gasteiger partial charge in [-0.2, -0.15) is 0 Å². The van der Waals surface area contributed by atoms with Crippen molar-refractivity contribution in [2.24, 2.45) is 0 Å². The zero-order valence-corrected chi connectivity index (χ0v) is 12.1. The van der Waals surface area contributed by atoms with Crippen LogP contribution in [0.15, 0.2) is 41.4 Å². The van der Waals surface area contributed by atoms with E-state index in [0.29, 0.717) is 30.5 Å². The fourth-order valence-corrected chi connectivity index (χ4v) is 2.01. The molecule has 5 heteroatoms. The second kappa shape index (κ2) is 7.12. The Hall–Kier alpha value is -1.78. The van der Waals surface area contributed by atoms with E-state index in [0.717, 1.165) is 17.0 Å². The van der Waals surface area contributed by atoms with Gasteiger partial charge in [0.25, 0.3) is 0 Å². The number of hydrogen-bond acceptors (Lipinski definition) is 4. The summed E-state index contributed by atoms with van der Waals surface area (Å²) in [5.74, 6) is 1.49. The minimum Gasteiger partial charge on any atom is -0.488 e. The van der Waals surface area contributed by atoms with Crippen molar-refractivity contribution in [1.29, 1.82) is 0 Å². The summed E-state index contributed by atoms with van der Waals surface area (Å²) in [6.45, 7) is 7.27. The molecule has 1 aromatic carbocycles. The van der Waals surface area contributed by atoms with Crippen molar-refractivity contribution in [3.05, 3.63) is 59.0 Å². The first kappa shape index (κ1) is 14.6. The summed E-state index contributed by atoms with van der Waals surface area (Å²) in [5, 5.41) is 7.71. The number of nitrogens with zero attached hydrogens (tertiary/aromatic N) is 1. The fraction of sp³-hybridized carbons (Fsp3) is 0.267. The molecule has 0 aliphatic carbocycles. The van der Waals surface area contributed by atoms with Gasteiger partial charge in [-0.25, -0.2) is 0 Å². The van der Waals surface area contributed by atoms with Crippen LogP contribution in [-0.2, 0) is 13.1 Å². The molecule has 0 atom stereocenters. The van der Waals surface area contributed by atoms with E-state index in [4.69, 9.17) is 20.9 Å². The summed E-state index contributed by atoms with van der Waals surface area (Å²) >= 11 is 6.15. The van der Waals surface area contributed by atoms with Crippen LogP contribution in [-0.4, -0.2) is 11.8 Å². The molecule has 1 heterocycles. The van der Waals surface area contributed by atoms with Crippen molar-refractivity contribution in [1.82, 2.24) is 10.5 Å². The van der Waals surface area contributed by atoms with Gasteiger partial charge in [-0.15, -0.1) is 0 Å². The molecule has 0 fully saturated rings. The molecule has 0 saturated heterocycles. The van der Waals surface area contributed by atoms with Crippen LogP contribution in [0.25, 0.3) is 0 Å². The van der Waals surface area contributed by atoms with Gasteiger partial charge < -0.3 is 14.6 Å². The molecule has 0 unspecified atom stereocenters. The summed E-state index contributed by atoms with van der Waals surface area (Å²) in [4.78, 5) is 0. The van der Waals surface area contributed by atoms with Crippen LogP contribution < -0.4 is 10.1 Å². The Labute approximate surface area is 123 Å². The molecule has 0 amide bonds. The van der Waals surface area contributed by atoms with Crippen molar-refractivity contribution in [2.45, 2.75) is 20.0 Å². The monoisotopic (exact) mass is 292 g/mol. The standard InChI is InChI=1S/C15H17ClN2O2/c1-3-6-19-15-5-4-12(8-14(15)16)9-17-10-13-7-11(2)18-20-13/h3-5,7-8,17H,1,6,9-10H2,2H3. The van der Waals surface area contributed by atoms with Gasteiger partial charge in [-0.3, -0.25) is 0 Å². The van der Waals surface area contributed by atoms with Crippen molar-refractivity contribution in [3.63, 3.8) is 0 Å². The molecule has 0 radical (unpaired) electrons. The van der Waals surface area contributed by atoms with Crippen molar-refractivity contribution in [2.75, 3.05) is 6.61 Å². The average Bonchev–Trinajstić information content (AvgIpc) is 2.84. The van der Waals surface area contributed by atoms with Gasteiger partial charge in [0.15, 0.2) is 5.76 Å². The number of hydrogen-bond donors (Lipinski definition) is 1. The zero-order valence-electron chi connectivity index (χ0n) is 11.4. The summed E-state index contributed by atoms with van der Waals surface area (Å²) in [6, 6.07) is 7.63. The second-order valence-electron chi connectivity index (χ2n) is 4.40. The van der Waals surface area contributed by atoms with Crippen LogP contribution in [0.2, 0.25) is 5.02 Å². The largest absolute Gasteiger partial charge is 0.488 e. The van der Waals surface area contributed by atoms with Crippen LogP contribution >= 0.6 is 11.6 Å². The van der Waals surface area contributed by atoms with Crippen molar-refractivity contribution < 1.29 is 9.26 Å².